The maximum atomic E-state index is 11.8. The number of halogens is 3. The highest BCUT2D eigenvalue weighted by atomic mass is 35.6. The molecule has 0 spiro atoms. The molecule has 0 radical (unpaired) electrons. The Bertz CT molecular complexity index is 323. The standard InChI is InChI=1S/C7H10Cl3O4P/c1-6(2,7(8,9)10)14-15(12)4-3-5(11)13-15/h3-4H2,1-2H3. The minimum Gasteiger partial charge on any atom is -0.392 e. The average Bonchev–Trinajstić information content (AvgIpc) is 2.26. The molecular weight excluding hydrogens is 285 g/mol. The number of hydrogen-bond donors (Lipinski definition) is 0. The van der Waals surface area contributed by atoms with E-state index in [2.05, 4.69) is 4.52 Å². The molecule has 1 atom stereocenters. The summed E-state index contributed by atoms with van der Waals surface area (Å²) in [7, 11) is -3.45. The minimum atomic E-state index is -3.45. The molecule has 0 N–H and O–H groups in total. The van der Waals surface area contributed by atoms with Crippen LogP contribution in [0.2, 0.25) is 0 Å². The Balaban J connectivity index is 2.78. The Hall–Kier alpha value is 0.530. The Labute approximate surface area is 103 Å². The summed E-state index contributed by atoms with van der Waals surface area (Å²) in [5.74, 6) is -0.557. The summed E-state index contributed by atoms with van der Waals surface area (Å²) in [4.78, 5) is 10.8. The number of carbonyl (C=O) groups is 1. The van der Waals surface area contributed by atoms with Gasteiger partial charge in [-0.2, -0.15) is 0 Å². The van der Waals surface area contributed by atoms with Crippen molar-refractivity contribution in [1.82, 2.24) is 0 Å². The lowest BCUT2D eigenvalue weighted by atomic mass is 10.2. The van der Waals surface area contributed by atoms with Crippen molar-refractivity contribution in [1.29, 1.82) is 0 Å². The second kappa shape index (κ2) is 4.08. The Morgan fingerprint density at radius 1 is 1.40 bits per heavy atom. The molecule has 8 heteroatoms. The third-order valence-electron chi connectivity index (χ3n) is 1.88. The van der Waals surface area contributed by atoms with Crippen molar-refractivity contribution in [3.8, 4) is 0 Å². The maximum Gasteiger partial charge on any atom is 0.382 e. The van der Waals surface area contributed by atoms with E-state index in [0.717, 1.165) is 0 Å². The molecule has 1 fully saturated rings. The smallest absolute Gasteiger partial charge is 0.382 e. The van der Waals surface area contributed by atoms with E-state index in [0.29, 0.717) is 0 Å². The number of rotatable bonds is 2. The molecule has 1 aliphatic heterocycles. The van der Waals surface area contributed by atoms with Crippen LogP contribution in [-0.2, 0) is 18.4 Å². The highest BCUT2D eigenvalue weighted by Crippen LogP contribution is 2.59. The van der Waals surface area contributed by atoms with Crippen LogP contribution in [0.25, 0.3) is 0 Å². The fraction of sp³-hybridized carbons (Fsp3) is 0.857. The van der Waals surface area contributed by atoms with E-state index in [-0.39, 0.29) is 12.6 Å². The molecule has 0 aliphatic carbocycles. The van der Waals surface area contributed by atoms with Gasteiger partial charge in [0.15, 0.2) is 0 Å². The molecule has 1 rings (SSSR count). The van der Waals surface area contributed by atoms with Gasteiger partial charge in [0.1, 0.15) is 5.60 Å². The van der Waals surface area contributed by atoms with E-state index in [1.165, 1.54) is 13.8 Å². The monoisotopic (exact) mass is 294 g/mol. The first-order chi connectivity index (χ1) is 6.56. The second-order valence-corrected chi connectivity index (χ2v) is 7.96. The summed E-state index contributed by atoms with van der Waals surface area (Å²) in [5.41, 5.74) is -1.29. The van der Waals surface area contributed by atoms with E-state index < -0.39 is 23.0 Å². The molecule has 0 saturated carbocycles. The Kier molecular flexibility index (Phi) is 3.70. The SMILES string of the molecule is CC(C)(OP1(=O)CCC(=O)O1)C(Cl)(Cl)Cl. The average molecular weight is 295 g/mol. The van der Waals surface area contributed by atoms with Crippen LogP contribution in [0.15, 0.2) is 0 Å². The maximum absolute atomic E-state index is 11.8. The van der Waals surface area contributed by atoms with E-state index in [1.54, 1.807) is 0 Å². The Morgan fingerprint density at radius 3 is 2.27 bits per heavy atom. The first kappa shape index (κ1) is 13.6. The minimum absolute atomic E-state index is 0.0238. The van der Waals surface area contributed by atoms with Crippen molar-refractivity contribution in [2.75, 3.05) is 6.16 Å². The zero-order chi connectivity index (χ0) is 11.9. The normalized spacial score (nSPS) is 27.9. The predicted octanol–water partition coefficient (Wildman–Crippen LogP) is 3.29. The van der Waals surface area contributed by atoms with E-state index >= 15 is 0 Å². The van der Waals surface area contributed by atoms with Crippen LogP contribution in [0, 0.1) is 0 Å². The van der Waals surface area contributed by atoms with E-state index in [4.69, 9.17) is 39.3 Å². The van der Waals surface area contributed by atoms with Gasteiger partial charge >= 0.3 is 13.6 Å². The van der Waals surface area contributed by atoms with Crippen LogP contribution in [0.5, 0.6) is 0 Å². The van der Waals surface area contributed by atoms with E-state index in [9.17, 15) is 9.36 Å². The molecule has 0 aromatic heterocycles. The molecule has 1 aliphatic rings. The molecule has 88 valence electrons. The number of carbonyl (C=O) groups excluding carboxylic acids is 1. The van der Waals surface area contributed by atoms with Gasteiger partial charge in [0, 0.05) is 0 Å². The van der Waals surface area contributed by atoms with Crippen molar-refractivity contribution in [3.63, 3.8) is 0 Å². The van der Waals surface area contributed by atoms with Gasteiger partial charge in [-0.15, -0.1) is 0 Å². The topological polar surface area (TPSA) is 52.6 Å². The largest absolute Gasteiger partial charge is 0.392 e. The van der Waals surface area contributed by atoms with Crippen LogP contribution in [-0.4, -0.2) is 21.5 Å². The van der Waals surface area contributed by atoms with Crippen LogP contribution in [0.4, 0.5) is 0 Å². The highest BCUT2D eigenvalue weighted by molar-refractivity contribution is 7.55. The lowest BCUT2D eigenvalue weighted by Gasteiger charge is -2.33. The van der Waals surface area contributed by atoms with Gasteiger partial charge in [-0.05, 0) is 13.8 Å². The molecule has 1 heterocycles. The van der Waals surface area contributed by atoms with Gasteiger partial charge in [-0.3, -0.25) is 9.32 Å². The quantitative estimate of drug-likeness (QED) is 0.579. The summed E-state index contributed by atoms with van der Waals surface area (Å²) in [6.07, 6.45) is 0.0865. The van der Waals surface area contributed by atoms with Crippen LogP contribution < -0.4 is 0 Å². The van der Waals surface area contributed by atoms with Crippen LogP contribution >= 0.6 is 42.4 Å². The van der Waals surface area contributed by atoms with Crippen LogP contribution in [0.1, 0.15) is 20.3 Å². The third-order valence-corrected chi connectivity index (χ3v) is 5.23. The summed E-state index contributed by atoms with van der Waals surface area (Å²) >= 11 is 16.9. The fourth-order valence-corrected chi connectivity index (χ4v) is 3.13. The Morgan fingerprint density at radius 2 is 1.93 bits per heavy atom. The van der Waals surface area contributed by atoms with Gasteiger partial charge in [0.2, 0.25) is 3.79 Å². The molecule has 1 unspecified atom stereocenters. The summed E-state index contributed by atoms with van der Waals surface area (Å²) in [6.45, 7) is 2.93. The molecule has 1 saturated heterocycles. The molecule has 0 aromatic rings. The molecule has 0 amide bonds. The van der Waals surface area contributed by atoms with Crippen molar-refractivity contribution >= 4 is 48.4 Å². The van der Waals surface area contributed by atoms with Gasteiger partial charge in [-0.1, -0.05) is 34.8 Å². The van der Waals surface area contributed by atoms with Gasteiger partial charge in [-0.25, -0.2) is 4.57 Å². The predicted molar refractivity (Wildman–Crippen MR) is 58.6 cm³/mol. The van der Waals surface area contributed by atoms with Crippen molar-refractivity contribution in [3.05, 3.63) is 0 Å². The molecular formula is C7H10Cl3O4P. The molecule has 4 nitrogen and oxygen atoms in total. The summed E-state index contributed by atoms with van der Waals surface area (Å²) in [6, 6.07) is 0. The number of alkyl halides is 3. The zero-order valence-corrected chi connectivity index (χ0v) is 11.3. The summed E-state index contributed by atoms with van der Waals surface area (Å²) in [5, 5.41) is 0. The van der Waals surface area contributed by atoms with Crippen molar-refractivity contribution < 1.29 is 18.4 Å². The number of hydrogen-bond acceptors (Lipinski definition) is 4. The molecule has 15 heavy (non-hydrogen) atoms. The van der Waals surface area contributed by atoms with Crippen molar-refractivity contribution in [2.45, 2.75) is 29.7 Å². The fourth-order valence-electron chi connectivity index (χ4n) is 0.938. The highest BCUT2D eigenvalue weighted by Gasteiger charge is 2.49. The van der Waals surface area contributed by atoms with Gasteiger partial charge < -0.3 is 4.52 Å². The van der Waals surface area contributed by atoms with Gasteiger partial charge in [0.05, 0.1) is 12.6 Å². The van der Waals surface area contributed by atoms with E-state index in [1.807, 2.05) is 0 Å². The van der Waals surface area contributed by atoms with Gasteiger partial charge in [0.25, 0.3) is 0 Å². The third kappa shape index (κ3) is 3.24. The summed E-state index contributed by atoms with van der Waals surface area (Å²) < 4.78 is 19.8. The lowest BCUT2D eigenvalue weighted by molar-refractivity contribution is -0.132. The molecule has 0 bridgehead atoms. The lowest BCUT2D eigenvalue weighted by Crippen LogP contribution is -2.38. The first-order valence-electron chi connectivity index (χ1n) is 4.15. The first-order valence-corrected chi connectivity index (χ1v) is 7.01. The second-order valence-electron chi connectivity index (χ2n) is 3.65. The van der Waals surface area contributed by atoms with Crippen molar-refractivity contribution in [2.24, 2.45) is 0 Å². The molecule has 0 aromatic carbocycles. The van der Waals surface area contributed by atoms with Crippen LogP contribution in [0.3, 0.4) is 0 Å². The zero-order valence-electron chi connectivity index (χ0n) is 8.13.